The smallest absolute Gasteiger partial charge is 0.338 e. The van der Waals surface area contributed by atoms with Gasteiger partial charge in [0.25, 0.3) is 5.91 Å². The van der Waals surface area contributed by atoms with Gasteiger partial charge < -0.3 is 19.1 Å². The zero-order valence-electron chi connectivity index (χ0n) is 15.7. The van der Waals surface area contributed by atoms with Gasteiger partial charge in [-0.05, 0) is 18.2 Å². The molecule has 0 N–H and O–H groups in total. The fourth-order valence-corrected chi connectivity index (χ4v) is 2.46. The Labute approximate surface area is 161 Å². The Morgan fingerprint density at radius 1 is 1.07 bits per heavy atom. The van der Waals surface area contributed by atoms with Crippen LogP contribution >= 0.6 is 0 Å². The molecule has 0 bridgehead atoms. The third-order valence-corrected chi connectivity index (χ3v) is 3.96. The Morgan fingerprint density at radius 3 is 2.39 bits per heavy atom. The van der Waals surface area contributed by atoms with E-state index >= 15 is 0 Å². The summed E-state index contributed by atoms with van der Waals surface area (Å²) in [4.78, 5) is 36.1. The summed E-state index contributed by atoms with van der Waals surface area (Å²) >= 11 is 0. The number of para-hydroxylation sites is 1. The summed E-state index contributed by atoms with van der Waals surface area (Å²) in [5.41, 5.74) is 0.391. The van der Waals surface area contributed by atoms with Crippen LogP contribution < -0.4 is 9.47 Å². The fourth-order valence-electron chi connectivity index (χ4n) is 2.46. The highest BCUT2D eigenvalue weighted by atomic mass is 16.6. The molecule has 0 fully saturated rings. The van der Waals surface area contributed by atoms with E-state index in [1.54, 1.807) is 13.1 Å². The lowest BCUT2D eigenvalue weighted by Crippen LogP contribution is -2.31. The van der Waals surface area contributed by atoms with Gasteiger partial charge in [0.15, 0.2) is 12.4 Å². The number of benzene rings is 2. The number of hydrogen-bond acceptors (Lipinski definition) is 7. The van der Waals surface area contributed by atoms with Crippen molar-refractivity contribution in [3.63, 3.8) is 0 Å². The van der Waals surface area contributed by atoms with E-state index in [1.165, 1.54) is 31.3 Å². The van der Waals surface area contributed by atoms with Crippen molar-refractivity contribution in [1.82, 2.24) is 4.90 Å². The summed E-state index contributed by atoms with van der Waals surface area (Å²) < 4.78 is 15.1. The normalized spacial score (nSPS) is 10.1. The molecule has 28 heavy (non-hydrogen) atoms. The summed E-state index contributed by atoms with van der Waals surface area (Å²) in [6, 6.07) is 10.9. The fraction of sp³-hybridized carbons (Fsp3) is 0.263. The molecule has 2 rings (SSSR count). The van der Waals surface area contributed by atoms with Gasteiger partial charge in [0, 0.05) is 25.2 Å². The first-order valence-electron chi connectivity index (χ1n) is 8.22. The lowest BCUT2D eigenvalue weighted by Gasteiger charge is -2.18. The van der Waals surface area contributed by atoms with Crippen LogP contribution in [0.2, 0.25) is 0 Å². The van der Waals surface area contributed by atoms with Gasteiger partial charge in [-0.15, -0.1) is 0 Å². The first kappa shape index (κ1) is 20.7. The van der Waals surface area contributed by atoms with Gasteiger partial charge in [-0.3, -0.25) is 14.9 Å². The molecule has 0 radical (unpaired) electrons. The third-order valence-electron chi connectivity index (χ3n) is 3.96. The molecule has 0 spiro atoms. The number of methoxy groups -OCH3 is 2. The van der Waals surface area contributed by atoms with Crippen molar-refractivity contribution in [3.05, 3.63) is 63.7 Å². The van der Waals surface area contributed by atoms with Crippen molar-refractivity contribution < 1.29 is 28.7 Å². The van der Waals surface area contributed by atoms with Crippen LogP contribution in [-0.4, -0.2) is 49.6 Å². The van der Waals surface area contributed by atoms with Crippen molar-refractivity contribution in [3.8, 4) is 11.5 Å². The molecule has 0 aliphatic rings. The Balaban J connectivity index is 1.99. The molecule has 2 aromatic rings. The van der Waals surface area contributed by atoms with Gasteiger partial charge in [0.05, 0.1) is 24.7 Å². The number of rotatable bonds is 8. The average molecular weight is 388 g/mol. The number of esters is 1. The predicted molar refractivity (Wildman–Crippen MR) is 99.4 cm³/mol. The number of carbonyl (C=O) groups is 2. The zero-order valence-corrected chi connectivity index (χ0v) is 15.7. The number of carbonyl (C=O) groups excluding carboxylic acids is 2. The van der Waals surface area contributed by atoms with Crippen LogP contribution in [0.4, 0.5) is 5.69 Å². The van der Waals surface area contributed by atoms with E-state index < -0.39 is 23.4 Å². The van der Waals surface area contributed by atoms with Gasteiger partial charge in [0.2, 0.25) is 0 Å². The van der Waals surface area contributed by atoms with Crippen LogP contribution in [0.1, 0.15) is 15.9 Å². The molecule has 1 amide bonds. The summed E-state index contributed by atoms with van der Waals surface area (Å²) in [5.74, 6) is -0.606. The van der Waals surface area contributed by atoms with Gasteiger partial charge in [-0.25, -0.2) is 4.79 Å². The Kier molecular flexibility index (Phi) is 6.91. The molecule has 2 aromatic carbocycles. The minimum atomic E-state index is -0.843. The van der Waals surface area contributed by atoms with E-state index in [1.807, 2.05) is 18.2 Å². The maximum absolute atomic E-state index is 12.2. The Bertz CT molecular complexity index is 882. The molecule has 9 nitrogen and oxygen atoms in total. The monoisotopic (exact) mass is 388 g/mol. The molecule has 0 saturated heterocycles. The molecule has 0 aliphatic carbocycles. The van der Waals surface area contributed by atoms with Crippen LogP contribution in [0, 0.1) is 10.1 Å². The highest BCUT2D eigenvalue weighted by Crippen LogP contribution is 2.27. The second-order valence-corrected chi connectivity index (χ2v) is 5.78. The maximum Gasteiger partial charge on any atom is 0.338 e. The molecule has 9 heteroatoms. The third kappa shape index (κ3) is 4.97. The zero-order chi connectivity index (χ0) is 20.7. The lowest BCUT2D eigenvalue weighted by atomic mass is 10.2. The van der Waals surface area contributed by atoms with Crippen molar-refractivity contribution in [2.24, 2.45) is 0 Å². The SMILES string of the molecule is COc1ccccc1CN(C)C(=O)COC(=O)c1ccc(OC)c([N+](=O)[O-])c1. The van der Waals surface area contributed by atoms with Crippen LogP contribution in [0.25, 0.3) is 0 Å². The summed E-state index contributed by atoms with van der Waals surface area (Å²) in [5, 5.41) is 11.0. The molecular weight excluding hydrogens is 368 g/mol. The Hall–Kier alpha value is -3.62. The van der Waals surface area contributed by atoms with Crippen LogP contribution in [0.5, 0.6) is 11.5 Å². The number of likely N-dealkylation sites (N-methyl/N-ethyl adjacent to an activating group) is 1. The van der Waals surface area contributed by atoms with Gasteiger partial charge in [0.1, 0.15) is 5.75 Å². The number of hydrogen-bond donors (Lipinski definition) is 0. The summed E-state index contributed by atoms with van der Waals surface area (Å²) in [6.07, 6.45) is 0. The topological polar surface area (TPSA) is 108 Å². The van der Waals surface area contributed by atoms with Crippen LogP contribution in [-0.2, 0) is 16.1 Å². The maximum atomic E-state index is 12.2. The average Bonchev–Trinajstić information content (AvgIpc) is 2.71. The second kappa shape index (κ2) is 9.36. The summed E-state index contributed by atoms with van der Waals surface area (Å²) in [6.45, 7) is -0.223. The van der Waals surface area contributed by atoms with E-state index in [9.17, 15) is 19.7 Å². The molecular formula is C19H20N2O7. The molecule has 0 aliphatic heterocycles. The number of ether oxygens (including phenoxy) is 3. The minimum Gasteiger partial charge on any atom is -0.496 e. The van der Waals surface area contributed by atoms with E-state index in [0.29, 0.717) is 5.75 Å². The molecule has 0 atom stereocenters. The lowest BCUT2D eigenvalue weighted by molar-refractivity contribution is -0.385. The van der Waals surface area contributed by atoms with Crippen molar-refractivity contribution in [2.75, 3.05) is 27.9 Å². The second-order valence-electron chi connectivity index (χ2n) is 5.78. The molecule has 0 saturated carbocycles. The quantitative estimate of drug-likeness (QED) is 0.388. The van der Waals surface area contributed by atoms with E-state index in [4.69, 9.17) is 14.2 Å². The van der Waals surface area contributed by atoms with Gasteiger partial charge in [-0.2, -0.15) is 0 Å². The number of nitrogens with zero attached hydrogens (tertiary/aromatic N) is 2. The first-order valence-corrected chi connectivity index (χ1v) is 8.22. The van der Waals surface area contributed by atoms with Crippen molar-refractivity contribution in [1.29, 1.82) is 0 Å². The van der Waals surface area contributed by atoms with E-state index in [0.717, 1.165) is 11.6 Å². The minimum absolute atomic E-state index is 0.0224. The largest absolute Gasteiger partial charge is 0.496 e. The standard InChI is InChI=1S/C19H20N2O7/c1-20(11-14-6-4-5-7-16(14)26-2)18(22)12-28-19(23)13-8-9-17(27-3)15(10-13)21(24)25/h4-10H,11-12H2,1-3H3. The van der Waals surface area contributed by atoms with E-state index in [2.05, 4.69) is 0 Å². The number of nitro benzene ring substituents is 1. The van der Waals surface area contributed by atoms with Crippen molar-refractivity contribution >= 4 is 17.6 Å². The molecule has 148 valence electrons. The van der Waals surface area contributed by atoms with E-state index in [-0.39, 0.29) is 23.5 Å². The summed E-state index contributed by atoms with van der Waals surface area (Å²) in [7, 11) is 4.40. The van der Waals surface area contributed by atoms with Crippen molar-refractivity contribution in [2.45, 2.75) is 6.54 Å². The predicted octanol–water partition coefficient (Wildman–Crippen LogP) is 2.43. The molecule has 0 unspecified atom stereocenters. The highest BCUT2D eigenvalue weighted by Gasteiger charge is 2.20. The van der Waals surface area contributed by atoms with Crippen LogP contribution in [0.15, 0.2) is 42.5 Å². The molecule has 0 aromatic heterocycles. The Morgan fingerprint density at radius 2 is 1.75 bits per heavy atom. The molecule has 0 heterocycles. The number of nitro groups is 1. The van der Waals surface area contributed by atoms with Crippen LogP contribution in [0.3, 0.4) is 0 Å². The number of amides is 1. The highest BCUT2D eigenvalue weighted by molar-refractivity contribution is 5.92. The van der Waals surface area contributed by atoms with Gasteiger partial charge >= 0.3 is 11.7 Å². The first-order chi connectivity index (χ1) is 13.4. The van der Waals surface area contributed by atoms with Gasteiger partial charge in [-0.1, -0.05) is 18.2 Å².